The summed E-state index contributed by atoms with van der Waals surface area (Å²) in [7, 11) is 0. The maximum atomic E-state index is 13.4. The second kappa shape index (κ2) is 8.54. The van der Waals surface area contributed by atoms with Crippen molar-refractivity contribution in [2.24, 2.45) is 23.7 Å². The Balaban J connectivity index is 1.40. The molecule has 4 amide bonds. The van der Waals surface area contributed by atoms with Crippen molar-refractivity contribution >= 4 is 39.5 Å². The van der Waals surface area contributed by atoms with Crippen molar-refractivity contribution < 1.29 is 14.4 Å². The smallest absolute Gasteiger partial charge is 0.317 e. The number of halogens is 1. The first-order valence-corrected chi connectivity index (χ1v) is 11.7. The van der Waals surface area contributed by atoms with Gasteiger partial charge < -0.3 is 10.6 Å². The van der Waals surface area contributed by atoms with Crippen molar-refractivity contribution in [3.8, 4) is 0 Å². The predicted octanol–water partition coefficient (Wildman–Crippen LogP) is 4.34. The Kier molecular flexibility index (Phi) is 5.59. The van der Waals surface area contributed by atoms with E-state index in [2.05, 4.69) is 38.7 Å². The second-order valence-electron chi connectivity index (χ2n) is 8.70. The van der Waals surface area contributed by atoms with Gasteiger partial charge in [0, 0.05) is 16.6 Å². The minimum Gasteiger partial charge on any atom is -0.317 e. The molecule has 0 spiro atoms. The zero-order valence-corrected chi connectivity index (χ0v) is 19.0. The van der Waals surface area contributed by atoms with Crippen LogP contribution >= 0.6 is 15.9 Å². The molecule has 2 N–H and O–H groups in total. The minimum absolute atomic E-state index is 0.111. The number of anilines is 1. The zero-order chi connectivity index (χ0) is 22.2. The number of allylic oxidation sites excluding steroid dienone is 2. The van der Waals surface area contributed by atoms with Gasteiger partial charge in [0.1, 0.15) is 6.17 Å². The van der Waals surface area contributed by atoms with Gasteiger partial charge in [-0.25, -0.2) is 4.79 Å². The highest BCUT2D eigenvalue weighted by Crippen LogP contribution is 2.50. The first kappa shape index (κ1) is 20.9. The summed E-state index contributed by atoms with van der Waals surface area (Å²) in [4.78, 5) is 41.0. The van der Waals surface area contributed by atoms with Gasteiger partial charge in [0.2, 0.25) is 11.8 Å². The van der Waals surface area contributed by atoms with Crippen LogP contribution in [0.5, 0.6) is 0 Å². The summed E-state index contributed by atoms with van der Waals surface area (Å²) in [6.07, 6.45) is 5.69. The van der Waals surface area contributed by atoms with Crippen LogP contribution in [0, 0.1) is 23.7 Å². The molecule has 4 aliphatic rings. The number of imide groups is 1. The van der Waals surface area contributed by atoms with Gasteiger partial charge in [-0.05, 0) is 54.5 Å². The molecule has 1 aliphatic heterocycles. The van der Waals surface area contributed by atoms with Crippen molar-refractivity contribution in [2.45, 2.75) is 25.4 Å². The number of rotatable bonds is 5. The van der Waals surface area contributed by atoms with Gasteiger partial charge in [0.15, 0.2) is 0 Å². The Hall–Kier alpha value is -2.93. The van der Waals surface area contributed by atoms with E-state index in [1.54, 1.807) is 12.1 Å². The first-order valence-electron chi connectivity index (χ1n) is 10.9. The third-order valence-electron chi connectivity index (χ3n) is 6.78. The summed E-state index contributed by atoms with van der Waals surface area (Å²) in [5.41, 5.74) is 1.57. The highest BCUT2D eigenvalue weighted by atomic mass is 79.9. The van der Waals surface area contributed by atoms with Crippen LogP contribution in [0.2, 0.25) is 0 Å². The Morgan fingerprint density at radius 1 is 0.938 bits per heavy atom. The minimum atomic E-state index is -0.752. The molecule has 1 heterocycles. The Morgan fingerprint density at radius 2 is 1.53 bits per heavy atom. The molecule has 0 radical (unpaired) electrons. The lowest BCUT2D eigenvalue weighted by Gasteiger charge is -2.38. The van der Waals surface area contributed by atoms with Gasteiger partial charge in [-0.15, -0.1) is 0 Å². The molecule has 7 heteroatoms. The van der Waals surface area contributed by atoms with E-state index in [-0.39, 0.29) is 35.5 Å². The summed E-state index contributed by atoms with van der Waals surface area (Å²) in [5.74, 6) is -0.713. The number of likely N-dealkylation sites (tertiary alicyclic amines) is 1. The maximum absolute atomic E-state index is 13.4. The largest absolute Gasteiger partial charge is 0.320 e. The lowest BCUT2D eigenvalue weighted by molar-refractivity contribution is -0.143. The predicted molar refractivity (Wildman–Crippen MR) is 124 cm³/mol. The van der Waals surface area contributed by atoms with E-state index >= 15 is 0 Å². The van der Waals surface area contributed by atoms with E-state index < -0.39 is 12.2 Å². The molecule has 3 aliphatic carbocycles. The summed E-state index contributed by atoms with van der Waals surface area (Å²) >= 11 is 3.38. The van der Waals surface area contributed by atoms with E-state index in [9.17, 15) is 14.4 Å². The van der Waals surface area contributed by atoms with Crippen molar-refractivity contribution in [1.82, 2.24) is 10.2 Å². The van der Waals surface area contributed by atoms with Crippen molar-refractivity contribution in [1.29, 1.82) is 0 Å². The molecule has 6 rings (SSSR count). The zero-order valence-electron chi connectivity index (χ0n) is 17.4. The van der Waals surface area contributed by atoms with E-state index in [4.69, 9.17) is 0 Å². The fourth-order valence-corrected chi connectivity index (χ4v) is 5.56. The summed E-state index contributed by atoms with van der Waals surface area (Å²) in [5, 5.41) is 5.69. The fraction of sp³-hybridized carbons (Fsp3) is 0.320. The normalized spacial score (nSPS) is 26.7. The number of benzene rings is 2. The van der Waals surface area contributed by atoms with Crippen molar-refractivity contribution in [3.63, 3.8) is 0 Å². The summed E-state index contributed by atoms with van der Waals surface area (Å²) in [6, 6.07) is 16.4. The Morgan fingerprint density at radius 3 is 2.09 bits per heavy atom. The van der Waals surface area contributed by atoms with Gasteiger partial charge in [-0.1, -0.05) is 58.4 Å². The van der Waals surface area contributed by atoms with Gasteiger partial charge in [0.25, 0.3) is 0 Å². The average Bonchev–Trinajstić information content (AvgIpc) is 3.09. The highest BCUT2D eigenvalue weighted by Gasteiger charge is 2.58. The monoisotopic (exact) mass is 493 g/mol. The molecule has 2 aromatic carbocycles. The van der Waals surface area contributed by atoms with Gasteiger partial charge in [-0.3, -0.25) is 14.5 Å². The fourth-order valence-electron chi connectivity index (χ4n) is 5.30. The molecule has 5 atom stereocenters. The highest BCUT2D eigenvalue weighted by molar-refractivity contribution is 9.10. The molecule has 0 aromatic heterocycles. The van der Waals surface area contributed by atoms with E-state index in [1.807, 2.05) is 42.5 Å². The van der Waals surface area contributed by atoms with Crippen molar-refractivity contribution in [3.05, 3.63) is 76.8 Å². The number of amides is 4. The van der Waals surface area contributed by atoms with Crippen LogP contribution in [0.1, 0.15) is 18.4 Å². The number of nitrogens with zero attached hydrogens (tertiary/aromatic N) is 1. The summed E-state index contributed by atoms with van der Waals surface area (Å²) < 4.78 is 0.907. The molecule has 6 nitrogen and oxygen atoms in total. The quantitative estimate of drug-likeness (QED) is 0.480. The van der Waals surface area contributed by atoms with E-state index in [0.717, 1.165) is 22.9 Å². The van der Waals surface area contributed by atoms with Crippen LogP contribution in [-0.4, -0.2) is 28.9 Å². The number of nitrogens with one attached hydrogen (secondary N) is 2. The lowest BCUT2D eigenvalue weighted by Crippen LogP contribution is -2.53. The SMILES string of the molecule is O=C(Nc1ccc(Br)cc1)N[C@H](Cc1ccccc1)N1C(=O)[C@@H]2[C@H](C1=O)[C@H]1C=C[C@H]2CC1. The molecular weight excluding hydrogens is 470 g/mol. The average molecular weight is 494 g/mol. The maximum Gasteiger partial charge on any atom is 0.320 e. The Bertz CT molecular complexity index is 1040. The lowest BCUT2D eigenvalue weighted by atomic mass is 9.63. The van der Waals surface area contributed by atoms with Crippen LogP contribution in [0.15, 0.2) is 71.2 Å². The molecule has 32 heavy (non-hydrogen) atoms. The molecule has 164 valence electrons. The number of carbonyl (C=O) groups excluding carboxylic acids is 3. The number of hydrogen-bond acceptors (Lipinski definition) is 3. The van der Waals surface area contributed by atoms with Gasteiger partial charge >= 0.3 is 6.03 Å². The van der Waals surface area contributed by atoms with Crippen LogP contribution < -0.4 is 10.6 Å². The topological polar surface area (TPSA) is 78.5 Å². The molecule has 2 fully saturated rings. The Labute approximate surface area is 195 Å². The number of carbonyl (C=O) groups is 3. The molecule has 1 saturated carbocycles. The van der Waals surface area contributed by atoms with Crippen molar-refractivity contribution in [2.75, 3.05) is 5.32 Å². The van der Waals surface area contributed by atoms with E-state index in [0.29, 0.717) is 12.1 Å². The van der Waals surface area contributed by atoms with Crippen LogP contribution in [-0.2, 0) is 16.0 Å². The molecule has 0 unspecified atom stereocenters. The standard InChI is InChI=1S/C25H24BrN3O3/c26-18-10-12-19(13-11-18)27-25(32)28-20(14-15-4-2-1-3-5-15)29-23(30)21-16-6-7-17(9-8-16)22(21)24(29)31/h1-7,10-13,16-17,20-22H,8-9,14H2,(H2,27,28,32)/t16-,17-,20-,21-,22+/m0/s1. The van der Waals surface area contributed by atoms with Crippen LogP contribution in [0.25, 0.3) is 0 Å². The number of hydrogen-bond donors (Lipinski definition) is 2. The van der Waals surface area contributed by atoms with Gasteiger partial charge in [-0.2, -0.15) is 0 Å². The molecular formula is C25H24BrN3O3. The third-order valence-corrected chi connectivity index (χ3v) is 7.31. The van der Waals surface area contributed by atoms with Crippen LogP contribution in [0.4, 0.5) is 10.5 Å². The molecule has 1 saturated heterocycles. The van der Waals surface area contributed by atoms with E-state index in [1.165, 1.54) is 4.90 Å². The summed E-state index contributed by atoms with van der Waals surface area (Å²) in [6.45, 7) is 0. The molecule has 2 aromatic rings. The molecule has 2 bridgehead atoms. The number of urea groups is 1. The third kappa shape index (κ3) is 3.86. The number of fused-ring (bicyclic) bond motifs is 1. The van der Waals surface area contributed by atoms with Gasteiger partial charge in [0.05, 0.1) is 11.8 Å². The second-order valence-corrected chi connectivity index (χ2v) is 9.61. The first-order chi connectivity index (χ1) is 15.5. The van der Waals surface area contributed by atoms with Crippen LogP contribution in [0.3, 0.4) is 0 Å².